The van der Waals surface area contributed by atoms with E-state index >= 15 is 0 Å². The van der Waals surface area contributed by atoms with Gasteiger partial charge in [-0.15, -0.1) is 13.2 Å². The van der Waals surface area contributed by atoms with Crippen LogP contribution in [0.25, 0.3) is 16.8 Å². The fourth-order valence-electron chi connectivity index (χ4n) is 5.13. The topological polar surface area (TPSA) is 92.9 Å². The normalized spacial score (nSPS) is 17.6. The Morgan fingerprint density at radius 2 is 1.69 bits per heavy atom. The molecule has 0 spiro atoms. The van der Waals surface area contributed by atoms with E-state index in [2.05, 4.69) is 39.3 Å². The van der Waals surface area contributed by atoms with Crippen LogP contribution < -0.4 is 10.1 Å². The number of aromatic nitrogens is 2. The second-order valence-electron chi connectivity index (χ2n) is 9.78. The maximum Gasteiger partial charge on any atom is 0.573 e. The maximum atomic E-state index is 12.7. The van der Waals surface area contributed by atoms with Crippen LogP contribution in [0.3, 0.4) is 0 Å². The van der Waals surface area contributed by atoms with Crippen molar-refractivity contribution in [2.24, 2.45) is 5.92 Å². The maximum absolute atomic E-state index is 12.7. The van der Waals surface area contributed by atoms with Crippen LogP contribution in [0.1, 0.15) is 54.1 Å². The lowest BCUT2D eigenvalue weighted by Gasteiger charge is -2.28. The average Bonchev–Trinajstić information content (AvgIpc) is 3.32. The van der Waals surface area contributed by atoms with Crippen LogP contribution in [0.5, 0.6) is 5.75 Å². The molecule has 1 fully saturated rings. The zero-order valence-corrected chi connectivity index (χ0v) is 20.8. The molecule has 0 bridgehead atoms. The van der Waals surface area contributed by atoms with Gasteiger partial charge >= 0.3 is 12.3 Å². The quantitative estimate of drug-likeness (QED) is 0.268. The number of alkyl halides is 3. The van der Waals surface area contributed by atoms with Gasteiger partial charge in [0.25, 0.3) is 5.91 Å². The molecule has 4 aromatic rings. The average molecular weight is 538 g/mol. The molecular formula is C29H26F3N3O4. The fraction of sp³-hybridized carbons (Fsp3) is 0.276. The summed E-state index contributed by atoms with van der Waals surface area (Å²) in [7, 11) is 0. The van der Waals surface area contributed by atoms with E-state index in [1.165, 1.54) is 17.7 Å². The molecule has 0 saturated heterocycles. The number of hydrogen-bond acceptors (Lipinski definition) is 4. The number of nitrogens with zero attached hydrogens (tertiary/aromatic N) is 2. The first-order valence-corrected chi connectivity index (χ1v) is 12.6. The number of carbonyl (C=O) groups is 2. The summed E-state index contributed by atoms with van der Waals surface area (Å²) >= 11 is 0. The molecule has 2 aromatic carbocycles. The number of benzene rings is 2. The molecule has 5 rings (SSSR count). The molecule has 2 aromatic heterocycles. The van der Waals surface area contributed by atoms with Gasteiger partial charge in [-0.25, -0.2) is 4.98 Å². The summed E-state index contributed by atoms with van der Waals surface area (Å²) in [6, 6.07) is 17.1. The lowest BCUT2D eigenvalue weighted by Crippen LogP contribution is -2.17. The number of aliphatic carboxylic acids is 1. The van der Waals surface area contributed by atoms with Gasteiger partial charge in [-0.05, 0) is 78.5 Å². The number of hydrogen-bond donors (Lipinski definition) is 2. The van der Waals surface area contributed by atoms with Gasteiger partial charge in [0.05, 0.1) is 0 Å². The van der Waals surface area contributed by atoms with E-state index in [0.29, 0.717) is 11.6 Å². The largest absolute Gasteiger partial charge is 0.573 e. The number of pyridine rings is 1. The Bertz CT molecular complexity index is 1490. The Kier molecular flexibility index (Phi) is 7.28. The molecule has 7 nitrogen and oxygen atoms in total. The van der Waals surface area contributed by atoms with Gasteiger partial charge in [0, 0.05) is 30.6 Å². The summed E-state index contributed by atoms with van der Waals surface area (Å²) in [5, 5.41) is 11.6. The highest BCUT2D eigenvalue weighted by Crippen LogP contribution is 2.37. The van der Waals surface area contributed by atoms with Crippen LogP contribution in [0.2, 0.25) is 0 Å². The van der Waals surface area contributed by atoms with E-state index in [1.807, 2.05) is 12.3 Å². The molecule has 0 radical (unpaired) electrons. The van der Waals surface area contributed by atoms with Crippen molar-refractivity contribution in [3.8, 4) is 16.9 Å². The summed E-state index contributed by atoms with van der Waals surface area (Å²) in [6.07, 6.45) is 2.68. The highest BCUT2D eigenvalue weighted by atomic mass is 19.4. The first kappa shape index (κ1) is 26.3. The number of anilines is 1. The Morgan fingerprint density at radius 3 is 2.38 bits per heavy atom. The molecule has 10 heteroatoms. The third kappa shape index (κ3) is 6.57. The summed E-state index contributed by atoms with van der Waals surface area (Å²) in [5.74, 6) is -1.03. The Morgan fingerprint density at radius 1 is 0.974 bits per heavy atom. The first-order valence-electron chi connectivity index (χ1n) is 12.6. The SMILES string of the molecule is O=C(O)C[C@H]1CC[C@H](c2ccc(-c3ccc4nc(C(=O)Nc5cccc(OC(F)(F)F)c5)cn4c3)cc2)CC1. The summed E-state index contributed by atoms with van der Waals surface area (Å²) in [5.41, 5.74) is 3.99. The Balaban J connectivity index is 1.26. The van der Waals surface area contributed by atoms with Crippen molar-refractivity contribution in [1.29, 1.82) is 0 Å². The highest BCUT2D eigenvalue weighted by Gasteiger charge is 2.31. The Labute approximate surface area is 222 Å². The molecule has 0 aliphatic heterocycles. The van der Waals surface area contributed by atoms with E-state index in [1.54, 1.807) is 16.7 Å². The molecule has 1 amide bonds. The molecule has 2 N–H and O–H groups in total. The predicted molar refractivity (Wildman–Crippen MR) is 139 cm³/mol. The lowest BCUT2D eigenvalue weighted by molar-refractivity contribution is -0.274. The van der Waals surface area contributed by atoms with E-state index in [4.69, 9.17) is 5.11 Å². The number of fused-ring (bicyclic) bond motifs is 1. The van der Waals surface area contributed by atoms with Crippen molar-refractivity contribution in [3.05, 3.63) is 84.3 Å². The number of carboxylic acid groups (broad SMARTS) is 1. The van der Waals surface area contributed by atoms with E-state index in [0.717, 1.165) is 48.9 Å². The number of halogens is 3. The summed E-state index contributed by atoms with van der Waals surface area (Å²) < 4.78 is 43.1. The second-order valence-corrected chi connectivity index (χ2v) is 9.78. The van der Waals surface area contributed by atoms with Gasteiger partial charge < -0.3 is 19.6 Å². The molecule has 202 valence electrons. The number of nitrogens with one attached hydrogen (secondary N) is 1. The molecule has 39 heavy (non-hydrogen) atoms. The second kappa shape index (κ2) is 10.8. The van der Waals surface area contributed by atoms with Gasteiger partial charge in [-0.3, -0.25) is 9.59 Å². The van der Waals surface area contributed by atoms with Gasteiger partial charge in [-0.2, -0.15) is 0 Å². The van der Waals surface area contributed by atoms with Crippen LogP contribution >= 0.6 is 0 Å². The Hall–Kier alpha value is -4.34. The minimum absolute atomic E-state index is 0.114. The van der Waals surface area contributed by atoms with Gasteiger partial charge in [0.15, 0.2) is 0 Å². The van der Waals surface area contributed by atoms with Crippen molar-refractivity contribution in [2.75, 3.05) is 5.32 Å². The lowest BCUT2D eigenvalue weighted by atomic mass is 9.77. The number of carboxylic acids is 1. The van der Waals surface area contributed by atoms with Crippen molar-refractivity contribution in [1.82, 2.24) is 9.38 Å². The van der Waals surface area contributed by atoms with E-state index in [9.17, 15) is 22.8 Å². The zero-order chi connectivity index (χ0) is 27.6. The predicted octanol–water partition coefficient (Wildman–Crippen LogP) is 6.90. The third-order valence-electron chi connectivity index (χ3n) is 7.03. The minimum Gasteiger partial charge on any atom is -0.481 e. The van der Waals surface area contributed by atoms with Crippen molar-refractivity contribution >= 4 is 23.2 Å². The van der Waals surface area contributed by atoms with Gasteiger partial charge in [-0.1, -0.05) is 30.3 Å². The van der Waals surface area contributed by atoms with Crippen LogP contribution in [0, 0.1) is 5.92 Å². The van der Waals surface area contributed by atoms with Crippen LogP contribution in [0.4, 0.5) is 18.9 Å². The van der Waals surface area contributed by atoms with Crippen LogP contribution in [-0.2, 0) is 4.79 Å². The molecular weight excluding hydrogens is 511 g/mol. The van der Waals surface area contributed by atoms with Crippen molar-refractivity contribution < 1.29 is 32.6 Å². The highest BCUT2D eigenvalue weighted by molar-refractivity contribution is 6.03. The number of imidazole rings is 1. The minimum atomic E-state index is -4.83. The number of rotatable bonds is 7. The smallest absolute Gasteiger partial charge is 0.481 e. The molecule has 1 saturated carbocycles. The fourth-order valence-corrected chi connectivity index (χ4v) is 5.13. The van der Waals surface area contributed by atoms with Crippen LogP contribution in [-0.4, -0.2) is 32.7 Å². The van der Waals surface area contributed by atoms with Crippen molar-refractivity contribution in [3.63, 3.8) is 0 Å². The van der Waals surface area contributed by atoms with E-state index in [-0.39, 0.29) is 23.7 Å². The number of carbonyl (C=O) groups excluding carboxylic acids is 1. The molecule has 0 unspecified atom stereocenters. The van der Waals surface area contributed by atoms with Gasteiger partial charge in [0.1, 0.15) is 17.1 Å². The third-order valence-corrected chi connectivity index (χ3v) is 7.03. The van der Waals surface area contributed by atoms with E-state index < -0.39 is 24.0 Å². The number of ether oxygens (including phenoxy) is 1. The first-order chi connectivity index (χ1) is 18.6. The monoisotopic (exact) mass is 537 g/mol. The van der Waals surface area contributed by atoms with Crippen molar-refractivity contribution in [2.45, 2.75) is 44.4 Å². The summed E-state index contributed by atoms with van der Waals surface area (Å²) in [4.78, 5) is 28.0. The molecule has 1 aliphatic carbocycles. The van der Waals surface area contributed by atoms with Gasteiger partial charge in [0.2, 0.25) is 0 Å². The van der Waals surface area contributed by atoms with Crippen LogP contribution in [0.15, 0.2) is 73.1 Å². The summed E-state index contributed by atoms with van der Waals surface area (Å²) in [6.45, 7) is 0. The molecule has 2 heterocycles. The molecule has 0 atom stereocenters. The zero-order valence-electron chi connectivity index (χ0n) is 20.8. The number of amides is 1. The standard InChI is InChI=1S/C29H26F3N3O4/c30-29(31,32)39-24-3-1-2-23(15-24)33-28(38)25-17-35-16-22(12-13-26(35)34-25)21-10-8-20(9-11-21)19-6-4-18(5-7-19)14-27(36)37/h1-3,8-13,15-19H,4-7,14H2,(H,33,38)(H,36,37)/t18-,19-. The molecule has 1 aliphatic rings.